The van der Waals surface area contributed by atoms with Gasteiger partial charge in [0, 0.05) is 24.8 Å². The van der Waals surface area contributed by atoms with E-state index in [9.17, 15) is 4.39 Å². The summed E-state index contributed by atoms with van der Waals surface area (Å²) in [7, 11) is 1.99. The summed E-state index contributed by atoms with van der Waals surface area (Å²) in [5.74, 6) is 0.288. The predicted molar refractivity (Wildman–Crippen MR) is 70.2 cm³/mol. The Labute approximate surface area is 103 Å². The molecule has 1 aliphatic heterocycles. The highest BCUT2D eigenvalue weighted by molar-refractivity contribution is 5.56. The van der Waals surface area contributed by atoms with E-state index in [1.807, 2.05) is 13.1 Å². The molecule has 3 heteroatoms. The first kappa shape index (κ1) is 12.4. The first-order chi connectivity index (χ1) is 8.11. The maximum Gasteiger partial charge on any atom is 0.125 e. The van der Waals surface area contributed by atoms with Crippen LogP contribution in [0, 0.1) is 5.82 Å². The van der Waals surface area contributed by atoms with Crippen molar-refractivity contribution < 1.29 is 4.39 Å². The highest BCUT2D eigenvalue weighted by atomic mass is 19.1. The van der Waals surface area contributed by atoms with E-state index in [0.717, 1.165) is 25.2 Å². The van der Waals surface area contributed by atoms with Crippen molar-refractivity contribution in [1.82, 2.24) is 5.32 Å². The van der Waals surface area contributed by atoms with Crippen LogP contribution in [-0.4, -0.2) is 26.2 Å². The SMILES string of the molecule is CN[C@H]1CCN(c2cc(F)ccc2C(C)C)C1. The normalized spacial score (nSPS) is 20.3. The van der Waals surface area contributed by atoms with Crippen LogP contribution in [0.5, 0.6) is 0 Å². The van der Waals surface area contributed by atoms with Gasteiger partial charge in [-0.2, -0.15) is 0 Å². The molecule has 0 radical (unpaired) electrons. The molecule has 94 valence electrons. The van der Waals surface area contributed by atoms with Crippen molar-refractivity contribution in [1.29, 1.82) is 0 Å². The molecule has 0 saturated carbocycles. The van der Waals surface area contributed by atoms with E-state index >= 15 is 0 Å². The summed E-state index contributed by atoms with van der Waals surface area (Å²) in [5.41, 5.74) is 2.31. The van der Waals surface area contributed by atoms with E-state index in [4.69, 9.17) is 0 Å². The molecule has 0 unspecified atom stereocenters. The average molecular weight is 236 g/mol. The van der Waals surface area contributed by atoms with Gasteiger partial charge in [0.25, 0.3) is 0 Å². The fourth-order valence-electron chi connectivity index (χ4n) is 2.49. The number of hydrogen-bond acceptors (Lipinski definition) is 2. The van der Waals surface area contributed by atoms with Crippen molar-refractivity contribution in [3.63, 3.8) is 0 Å². The maximum absolute atomic E-state index is 13.4. The van der Waals surface area contributed by atoms with Crippen LogP contribution < -0.4 is 10.2 Å². The number of nitrogens with one attached hydrogen (secondary N) is 1. The van der Waals surface area contributed by atoms with E-state index in [2.05, 4.69) is 24.1 Å². The van der Waals surface area contributed by atoms with Crippen LogP contribution in [-0.2, 0) is 0 Å². The summed E-state index contributed by atoms with van der Waals surface area (Å²) in [4.78, 5) is 2.29. The molecule has 1 aromatic rings. The molecule has 0 bridgehead atoms. The summed E-state index contributed by atoms with van der Waals surface area (Å²) < 4.78 is 13.4. The van der Waals surface area contributed by atoms with Crippen molar-refractivity contribution in [3.8, 4) is 0 Å². The maximum atomic E-state index is 13.4. The molecule has 1 N–H and O–H groups in total. The van der Waals surface area contributed by atoms with Crippen LogP contribution >= 0.6 is 0 Å². The predicted octanol–water partition coefficient (Wildman–Crippen LogP) is 2.75. The lowest BCUT2D eigenvalue weighted by Crippen LogP contribution is -2.30. The standard InChI is InChI=1S/C14H21FN2/c1-10(2)13-5-4-11(15)8-14(13)17-7-6-12(9-17)16-3/h4-5,8,10,12,16H,6-7,9H2,1-3H3/t12-/m0/s1. The molecule has 17 heavy (non-hydrogen) atoms. The Bertz CT molecular complexity index is 390. The second kappa shape index (κ2) is 5.05. The van der Waals surface area contributed by atoms with Crippen LogP contribution in [0.1, 0.15) is 31.7 Å². The molecule has 1 heterocycles. The quantitative estimate of drug-likeness (QED) is 0.868. The van der Waals surface area contributed by atoms with Crippen LogP contribution in [0.4, 0.5) is 10.1 Å². The van der Waals surface area contributed by atoms with Crippen molar-refractivity contribution in [2.45, 2.75) is 32.2 Å². The molecule has 1 atom stereocenters. The molecule has 0 amide bonds. The van der Waals surface area contributed by atoms with Crippen molar-refractivity contribution in [2.24, 2.45) is 0 Å². The minimum Gasteiger partial charge on any atom is -0.370 e. The van der Waals surface area contributed by atoms with Crippen molar-refractivity contribution >= 4 is 5.69 Å². The average Bonchev–Trinajstić information content (AvgIpc) is 2.76. The van der Waals surface area contributed by atoms with E-state index in [1.165, 1.54) is 5.56 Å². The molecule has 1 fully saturated rings. The monoisotopic (exact) mass is 236 g/mol. The van der Waals surface area contributed by atoms with Crippen molar-refractivity contribution in [2.75, 3.05) is 25.0 Å². The van der Waals surface area contributed by atoms with Crippen LogP contribution in [0.3, 0.4) is 0 Å². The van der Waals surface area contributed by atoms with Crippen LogP contribution in [0.15, 0.2) is 18.2 Å². The summed E-state index contributed by atoms with van der Waals surface area (Å²) in [6.07, 6.45) is 1.13. The Balaban J connectivity index is 2.27. The Morgan fingerprint density at radius 1 is 1.41 bits per heavy atom. The minimum absolute atomic E-state index is 0.141. The largest absolute Gasteiger partial charge is 0.370 e. The third kappa shape index (κ3) is 2.60. The lowest BCUT2D eigenvalue weighted by molar-refractivity contribution is 0.614. The molecular weight excluding hydrogens is 215 g/mol. The van der Waals surface area contributed by atoms with Gasteiger partial charge in [-0.15, -0.1) is 0 Å². The van der Waals surface area contributed by atoms with Gasteiger partial charge in [-0.3, -0.25) is 0 Å². The number of rotatable bonds is 3. The van der Waals surface area contributed by atoms with Gasteiger partial charge in [0.1, 0.15) is 5.82 Å². The van der Waals surface area contributed by atoms with Crippen LogP contribution in [0.2, 0.25) is 0 Å². The van der Waals surface area contributed by atoms with Crippen LogP contribution in [0.25, 0.3) is 0 Å². The molecule has 1 saturated heterocycles. The molecule has 0 aliphatic carbocycles. The van der Waals surface area contributed by atoms with Gasteiger partial charge in [-0.1, -0.05) is 19.9 Å². The van der Waals surface area contributed by atoms with Crippen molar-refractivity contribution in [3.05, 3.63) is 29.6 Å². The lowest BCUT2D eigenvalue weighted by atomic mass is 10.0. The Kier molecular flexibility index (Phi) is 3.67. The highest BCUT2D eigenvalue weighted by Gasteiger charge is 2.23. The fourth-order valence-corrected chi connectivity index (χ4v) is 2.49. The summed E-state index contributed by atoms with van der Waals surface area (Å²) in [6, 6.07) is 5.68. The molecule has 2 rings (SSSR count). The highest BCUT2D eigenvalue weighted by Crippen LogP contribution is 2.30. The zero-order valence-electron chi connectivity index (χ0n) is 10.8. The van der Waals surface area contributed by atoms with E-state index in [0.29, 0.717) is 12.0 Å². The van der Waals surface area contributed by atoms with Gasteiger partial charge in [0.2, 0.25) is 0 Å². The topological polar surface area (TPSA) is 15.3 Å². The third-order valence-corrected chi connectivity index (χ3v) is 3.55. The Hall–Kier alpha value is -1.09. The summed E-state index contributed by atoms with van der Waals surface area (Å²) in [6.45, 7) is 6.29. The third-order valence-electron chi connectivity index (χ3n) is 3.55. The first-order valence-electron chi connectivity index (χ1n) is 6.33. The molecule has 0 spiro atoms. The van der Waals surface area contributed by atoms with Gasteiger partial charge in [0.15, 0.2) is 0 Å². The number of halogens is 1. The molecule has 1 aliphatic rings. The van der Waals surface area contributed by atoms with E-state index in [1.54, 1.807) is 12.1 Å². The first-order valence-corrected chi connectivity index (χ1v) is 6.33. The number of benzene rings is 1. The van der Waals surface area contributed by atoms with Gasteiger partial charge in [-0.05, 0) is 37.1 Å². The lowest BCUT2D eigenvalue weighted by Gasteiger charge is -2.23. The van der Waals surface area contributed by atoms with Gasteiger partial charge >= 0.3 is 0 Å². The molecule has 0 aromatic heterocycles. The molecule has 2 nitrogen and oxygen atoms in total. The number of anilines is 1. The number of likely N-dealkylation sites (N-methyl/N-ethyl adjacent to an activating group) is 1. The minimum atomic E-state index is -0.141. The second-order valence-electron chi connectivity index (χ2n) is 5.08. The summed E-state index contributed by atoms with van der Waals surface area (Å²) in [5, 5.41) is 3.29. The second-order valence-corrected chi connectivity index (χ2v) is 5.08. The van der Waals surface area contributed by atoms with Gasteiger partial charge < -0.3 is 10.2 Å². The Morgan fingerprint density at radius 3 is 2.76 bits per heavy atom. The Morgan fingerprint density at radius 2 is 2.18 bits per heavy atom. The molecular formula is C14H21FN2. The van der Waals surface area contributed by atoms with Gasteiger partial charge in [-0.25, -0.2) is 4.39 Å². The molecule has 1 aromatic carbocycles. The summed E-state index contributed by atoms with van der Waals surface area (Å²) >= 11 is 0. The van der Waals surface area contributed by atoms with E-state index in [-0.39, 0.29) is 5.82 Å². The number of nitrogens with zero attached hydrogens (tertiary/aromatic N) is 1. The smallest absolute Gasteiger partial charge is 0.125 e. The number of hydrogen-bond donors (Lipinski definition) is 1. The zero-order valence-corrected chi connectivity index (χ0v) is 10.8. The zero-order chi connectivity index (χ0) is 12.4. The fraction of sp³-hybridized carbons (Fsp3) is 0.571. The van der Waals surface area contributed by atoms with Gasteiger partial charge in [0.05, 0.1) is 0 Å². The van der Waals surface area contributed by atoms with E-state index < -0.39 is 0 Å².